The molecule has 1 heterocycles. The summed E-state index contributed by atoms with van der Waals surface area (Å²) in [5, 5.41) is 5.49. The minimum atomic E-state index is -2.76. The number of rotatable bonds is 6. The zero-order valence-corrected chi connectivity index (χ0v) is 11.2. The van der Waals surface area contributed by atoms with Crippen LogP contribution in [-0.4, -0.2) is 39.0 Å². The highest BCUT2D eigenvalue weighted by atomic mass is 32.2. The summed E-state index contributed by atoms with van der Waals surface area (Å²) >= 11 is 0. The van der Waals surface area contributed by atoms with E-state index in [0.717, 1.165) is 25.7 Å². The first-order valence-corrected chi connectivity index (χ1v) is 8.08. The van der Waals surface area contributed by atoms with E-state index in [1.165, 1.54) is 0 Å². The number of hydrogen-bond donors (Lipinski definition) is 2. The van der Waals surface area contributed by atoms with Gasteiger partial charge in [-0.15, -0.1) is 0 Å². The minimum Gasteiger partial charge on any atom is -0.338 e. The molecule has 1 rings (SSSR count). The standard InChI is InChI=1S/C11H22N2O3S/c1-2-6-12-11(14)13-7-3-4-10-5-8-17(15,16)9-10/h10H,2-9H2,1H3,(H2,12,13,14). The molecule has 0 aromatic heterocycles. The molecule has 1 fully saturated rings. The highest BCUT2D eigenvalue weighted by Crippen LogP contribution is 2.22. The van der Waals surface area contributed by atoms with Crippen molar-refractivity contribution in [2.75, 3.05) is 24.6 Å². The van der Waals surface area contributed by atoms with E-state index in [0.29, 0.717) is 30.5 Å². The van der Waals surface area contributed by atoms with E-state index >= 15 is 0 Å². The Morgan fingerprint density at radius 1 is 1.29 bits per heavy atom. The van der Waals surface area contributed by atoms with Gasteiger partial charge in [0.15, 0.2) is 9.84 Å². The van der Waals surface area contributed by atoms with Gasteiger partial charge in [0.2, 0.25) is 0 Å². The van der Waals surface area contributed by atoms with Gasteiger partial charge >= 0.3 is 6.03 Å². The van der Waals surface area contributed by atoms with E-state index in [4.69, 9.17) is 0 Å². The zero-order valence-electron chi connectivity index (χ0n) is 10.4. The van der Waals surface area contributed by atoms with Gasteiger partial charge < -0.3 is 10.6 Å². The van der Waals surface area contributed by atoms with Crippen LogP contribution >= 0.6 is 0 Å². The number of nitrogens with one attached hydrogen (secondary N) is 2. The third-order valence-electron chi connectivity index (χ3n) is 2.94. The monoisotopic (exact) mass is 262 g/mol. The summed E-state index contributed by atoms with van der Waals surface area (Å²) in [6, 6.07) is -0.133. The maximum atomic E-state index is 11.2. The Labute approximate surface area is 103 Å². The molecule has 0 radical (unpaired) electrons. The highest BCUT2D eigenvalue weighted by Gasteiger charge is 2.27. The van der Waals surface area contributed by atoms with Crippen molar-refractivity contribution in [3.05, 3.63) is 0 Å². The molecule has 0 spiro atoms. The van der Waals surface area contributed by atoms with Crippen molar-refractivity contribution >= 4 is 15.9 Å². The Morgan fingerprint density at radius 3 is 2.59 bits per heavy atom. The van der Waals surface area contributed by atoms with E-state index in [9.17, 15) is 13.2 Å². The van der Waals surface area contributed by atoms with Crippen molar-refractivity contribution in [2.45, 2.75) is 32.6 Å². The molecular weight excluding hydrogens is 240 g/mol. The molecule has 1 unspecified atom stereocenters. The van der Waals surface area contributed by atoms with E-state index in [1.807, 2.05) is 6.92 Å². The quantitative estimate of drug-likeness (QED) is 0.699. The fraction of sp³-hybridized carbons (Fsp3) is 0.909. The van der Waals surface area contributed by atoms with Gasteiger partial charge in [-0.1, -0.05) is 6.92 Å². The highest BCUT2D eigenvalue weighted by molar-refractivity contribution is 7.91. The number of hydrogen-bond acceptors (Lipinski definition) is 3. The molecule has 1 aliphatic heterocycles. The van der Waals surface area contributed by atoms with Crippen LogP contribution in [-0.2, 0) is 9.84 Å². The van der Waals surface area contributed by atoms with E-state index in [2.05, 4.69) is 10.6 Å². The molecule has 1 aliphatic rings. The van der Waals surface area contributed by atoms with Crippen LogP contribution in [0.15, 0.2) is 0 Å². The Balaban J connectivity index is 2.03. The van der Waals surface area contributed by atoms with Crippen LogP contribution in [0.5, 0.6) is 0 Å². The van der Waals surface area contributed by atoms with Crippen molar-refractivity contribution < 1.29 is 13.2 Å². The van der Waals surface area contributed by atoms with Gasteiger partial charge in [0.1, 0.15) is 0 Å². The third-order valence-corrected chi connectivity index (χ3v) is 4.77. The SMILES string of the molecule is CCCNC(=O)NCCCC1CCS(=O)(=O)C1. The molecule has 17 heavy (non-hydrogen) atoms. The molecule has 1 saturated heterocycles. The summed E-state index contributed by atoms with van der Waals surface area (Å²) in [5.41, 5.74) is 0. The average Bonchev–Trinajstić information content (AvgIpc) is 2.61. The molecule has 0 saturated carbocycles. The second kappa shape index (κ2) is 6.83. The summed E-state index contributed by atoms with van der Waals surface area (Å²) in [6.07, 6.45) is 3.44. The fourth-order valence-electron chi connectivity index (χ4n) is 1.99. The van der Waals surface area contributed by atoms with Gasteiger partial charge in [0.05, 0.1) is 11.5 Å². The number of carbonyl (C=O) groups excluding carboxylic acids is 1. The van der Waals surface area contributed by atoms with E-state index < -0.39 is 9.84 Å². The second-order valence-corrected chi connectivity index (χ2v) is 6.82. The number of carbonyl (C=O) groups is 1. The van der Waals surface area contributed by atoms with E-state index in [-0.39, 0.29) is 6.03 Å². The first-order chi connectivity index (χ1) is 8.03. The molecule has 1 atom stereocenters. The Hall–Kier alpha value is -0.780. The molecule has 0 aromatic carbocycles. The largest absolute Gasteiger partial charge is 0.338 e. The Morgan fingerprint density at radius 2 is 2.00 bits per heavy atom. The first kappa shape index (κ1) is 14.3. The summed E-state index contributed by atoms with van der Waals surface area (Å²) < 4.78 is 22.4. The summed E-state index contributed by atoms with van der Waals surface area (Å²) in [7, 11) is -2.76. The lowest BCUT2D eigenvalue weighted by Crippen LogP contribution is -2.36. The molecule has 100 valence electrons. The van der Waals surface area contributed by atoms with Crippen LogP contribution in [0.4, 0.5) is 4.79 Å². The molecule has 2 amide bonds. The van der Waals surface area contributed by atoms with Gasteiger partial charge in [-0.3, -0.25) is 0 Å². The van der Waals surface area contributed by atoms with Crippen LogP contribution in [0.1, 0.15) is 32.6 Å². The van der Waals surface area contributed by atoms with Crippen LogP contribution in [0.3, 0.4) is 0 Å². The lowest BCUT2D eigenvalue weighted by molar-refractivity contribution is 0.240. The van der Waals surface area contributed by atoms with Crippen molar-refractivity contribution in [2.24, 2.45) is 5.92 Å². The average molecular weight is 262 g/mol. The van der Waals surface area contributed by atoms with Crippen LogP contribution in [0, 0.1) is 5.92 Å². The topological polar surface area (TPSA) is 75.3 Å². The van der Waals surface area contributed by atoms with Gasteiger partial charge in [-0.2, -0.15) is 0 Å². The van der Waals surface area contributed by atoms with Crippen molar-refractivity contribution in [3.63, 3.8) is 0 Å². The van der Waals surface area contributed by atoms with Gasteiger partial charge in [0, 0.05) is 13.1 Å². The van der Waals surface area contributed by atoms with Crippen molar-refractivity contribution in [3.8, 4) is 0 Å². The second-order valence-electron chi connectivity index (χ2n) is 4.59. The molecule has 0 aliphatic carbocycles. The molecule has 6 heteroatoms. The summed E-state index contributed by atoms with van der Waals surface area (Å²) in [5.74, 6) is 0.956. The third kappa shape index (κ3) is 5.91. The maximum Gasteiger partial charge on any atom is 0.314 e. The normalized spacial score (nSPS) is 22.3. The smallest absolute Gasteiger partial charge is 0.314 e. The number of urea groups is 1. The summed E-state index contributed by atoms with van der Waals surface area (Å²) in [4.78, 5) is 11.2. The molecular formula is C11H22N2O3S. The van der Waals surface area contributed by atoms with Crippen LogP contribution in [0.25, 0.3) is 0 Å². The number of sulfone groups is 1. The zero-order chi connectivity index (χ0) is 12.7. The first-order valence-electron chi connectivity index (χ1n) is 6.25. The van der Waals surface area contributed by atoms with Crippen molar-refractivity contribution in [1.29, 1.82) is 0 Å². The molecule has 5 nitrogen and oxygen atoms in total. The van der Waals surface area contributed by atoms with Crippen molar-refractivity contribution in [1.82, 2.24) is 10.6 Å². The molecule has 0 aromatic rings. The number of amides is 2. The fourth-order valence-corrected chi connectivity index (χ4v) is 3.90. The lowest BCUT2D eigenvalue weighted by atomic mass is 10.0. The predicted octanol–water partition coefficient (Wildman–Crippen LogP) is 0.911. The summed E-state index contributed by atoms with van der Waals surface area (Å²) in [6.45, 7) is 3.31. The Bertz CT molecular complexity index is 341. The van der Waals surface area contributed by atoms with Gasteiger partial charge in [-0.25, -0.2) is 13.2 Å². The Kier molecular flexibility index (Phi) is 5.74. The predicted molar refractivity (Wildman–Crippen MR) is 67.7 cm³/mol. The minimum absolute atomic E-state index is 0.133. The lowest BCUT2D eigenvalue weighted by Gasteiger charge is -2.09. The van der Waals surface area contributed by atoms with Gasteiger partial charge in [-0.05, 0) is 31.6 Å². The van der Waals surface area contributed by atoms with E-state index in [1.54, 1.807) is 0 Å². The molecule has 0 bridgehead atoms. The van der Waals surface area contributed by atoms with Gasteiger partial charge in [0.25, 0.3) is 0 Å². The van der Waals surface area contributed by atoms with Crippen LogP contribution in [0.2, 0.25) is 0 Å². The maximum absolute atomic E-state index is 11.2. The van der Waals surface area contributed by atoms with Crippen LogP contribution < -0.4 is 10.6 Å². The molecule has 2 N–H and O–H groups in total.